The number of hydrogen-bond donors (Lipinski definition) is 1. The maximum absolute atomic E-state index is 11.0. The molecule has 0 heterocycles. The van der Waals surface area contributed by atoms with Gasteiger partial charge in [-0.05, 0) is 13.8 Å². The van der Waals surface area contributed by atoms with Crippen LogP contribution in [0, 0.1) is 12.3 Å². The van der Waals surface area contributed by atoms with Crippen LogP contribution in [0.5, 0.6) is 0 Å². The molecule has 6 heteroatoms. The molecule has 0 saturated carbocycles. The molecule has 1 N–H and O–H groups in total. The van der Waals surface area contributed by atoms with Gasteiger partial charge in [0.1, 0.15) is 0 Å². The van der Waals surface area contributed by atoms with Crippen LogP contribution in [0.4, 0.5) is 4.79 Å². The number of rotatable bonds is 4. The zero-order valence-corrected chi connectivity index (χ0v) is 8.28. The minimum absolute atomic E-state index is 0.0483. The van der Waals surface area contributed by atoms with Gasteiger partial charge in [0.05, 0.1) is 6.61 Å². The zero-order valence-electron chi connectivity index (χ0n) is 7.39. The van der Waals surface area contributed by atoms with E-state index < -0.39 is 19.4 Å². The van der Waals surface area contributed by atoms with Crippen molar-refractivity contribution in [1.29, 1.82) is 0 Å². The fourth-order valence-electron chi connectivity index (χ4n) is 0.480. The molecule has 0 aromatic rings. The largest absolute Gasteiger partial charge is 0.440 e. The Morgan fingerprint density at radius 2 is 2.31 bits per heavy atom. The van der Waals surface area contributed by atoms with Gasteiger partial charge in [-0.2, -0.15) is 0 Å². The molecule has 0 fully saturated rings. The van der Waals surface area contributed by atoms with E-state index in [4.69, 9.17) is 11.3 Å². The Labute approximate surface area is 76.6 Å². The summed E-state index contributed by atoms with van der Waals surface area (Å²) in [6, 6.07) is 0. The summed E-state index contributed by atoms with van der Waals surface area (Å²) in [5.41, 5.74) is -1.32. The molecule has 0 amide bonds. The van der Waals surface area contributed by atoms with Crippen molar-refractivity contribution < 1.29 is 23.5 Å². The van der Waals surface area contributed by atoms with Crippen LogP contribution < -0.4 is 0 Å². The Morgan fingerprint density at radius 1 is 1.77 bits per heavy atom. The first kappa shape index (κ1) is 12.2. The average molecular weight is 206 g/mol. The summed E-state index contributed by atoms with van der Waals surface area (Å²) in [5, 5.41) is 0. The lowest BCUT2D eigenvalue weighted by atomic mass is 10.4. The van der Waals surface area contributed by atoms with Crippen molar-refractivity contribution in [1.82, 2.24) is 0 Å². The van der Waals surface area contributed by atoms with E-state index in [9.17, 15) is 9.36 Å². The smallest absolute Gasteiger partial charge is 0.435 e. The molecule has 0 spiro atoms. The van der Waals surface area contributed by atoms with Gasteiger partial charge >= 0.3 is 13.3 Å². The summed E-state index contributed by atoms with van der Waals surface area (Å²) in [4.78, 5) is 19.8. The Morgan fingerprint density at radius 3 is 2.69 bits per heavy atom. The zero-order chi connectivity index (χ0) is 10.5. The predicted octanol–water partition coefficient (Wildman–Crippen LogP) is 1.37. The van der Waals surface area contributed by atoms with Gasteiger partial charge < -0.3 is 14.2 Å². The molecule has 0 bridgehead atoms. The highest BCUT2D eigenvalue weighted by Gasteiger charge is 2.33. The van der Waals surface area contributed by atoms with Crippen LogP contribution in [-0.2, 0) is 13.8 Å². The first-order chi connectivity index (χ1) is 5.94. The number of hydrogen-bond acceptors (Lipinski definition) is 4. The minimum Gasteiger partial charge on any atom is -0.440 e. The van der Waals surface area contributed by atoms with Gasteiger partial charge in [0.15, 0.2) is 6.10 Å². The van der Waals surface area contributed by atoms with Gasteiger partial charge in [-0.1, -0.05) is 5.92 Å². The molecule has 0 aliphatic rings. The molecule has 0 aromatic heterocycles. The van der Waals surface area contributed by atoms with Crippen LogP contribution >= 0.6 is 7.60 Å². The van der Waals surface area contributed by atoms with Crippen molar-refractivity contribution in [3.63, 3.8) is 0 Å². The third-order valence-electron chi connectivity index (χ3n) is 1.05. The summed E-state index contributed by atoms with van der Waals surface area (Å²) >= 11 is 0. The lowest BCUT2D eigenvalue weighted by molar-refractivity contribution is 0.142. The van der Waals surface area contributed by atoms with Crippen LogP contribution in [0.25, 0.3) is 0 Å². The summed E-state index contributed by atoms with van der Waals surface area (Å²) in [6.45, 7) is 2.85. The van der Waals surface area contributed by atoms with Crippen LogP contribution in [0.1, 0.15) is 13.8 Å². The molecule has 0 aliphatic carbocycles. The third kappa shape index (κ3) is 4.09. The maximum atomic E-state index is 11.0. The standard InChI is InChI=1S/C7H11O5P/c1-4-6(3)12-7(8)13(9,10)11-5-2/h1,6H,5H2,2-3H3,(H,9,10). The van der Waals surface area contributed by atoms with Gasteiger partial charge in [0, 0.05) is 0 Å². The van der Waals surface area contributed by atoms with Crippen LogP contribution in [0.3, 0.4) is 0 Å². The Kier molecular flexibility index (Phi) is 4.71. The summed E-state index contributed by atoms with van der Waals surface area (Å²) in [5.74, 6) is 2.08. The Balaban J connectivity index is 4.27. The highest BCUT2D eigenvalue weighted by molar-refractivity contribution is 7.70. The molecule has 13 heavy (non-hydrogen) atoms. The van der Waals surface area contributed by atoms with Gasteiger partial charge in [-0.15, -0.1) is 6.42 Å². The minimum atomic E-state index is -4.31. The molecule has 0 aliphatic heterocycles. The molecular formula is C7H11O5P. The third-order valence-corrected chi connectivity index (χ3v) is 2.22. The molecule has 74 valence electrons. The summed E-state index contributed by atoms with van der Waals surface area (Å²) in [6.07, 6.45) is 4.06. The quantitative estimate of drug-likeness (QED) is 0.555. The van der Waals surface area contributed by atoms with Gasteiger partial charge in [-0.25, -0.2) is 9.36 Å². The Hall–Kier alpha value is -0.820. The second-order valence-corrected chi connectivity index (χ2v) is 3.80. The first-order valence-electron chi connectivity index (χ1n) is 3.58. The average Bonchev–Trinajstić information content (AvgIpc) is 2.04. The van der Waals surface area contributed by atoms with Gasteiger partial charge in [0.2, 0.25) is 0 Å². The first-order valence-corrected chi connectivity index (χ1v) is 5.16. The van der Waals surface area contributed by atoms with Crippen molar-refractivity contribution in [2.24, 2.45) is 0 Å². The maximum Gasteiger partial charge on any atom is 0.435 e. The van der Waals surface area contributed by atoms with Crippen molar-refractivity contribution in [2.45, 2.75) is 20.0 Å². The van der Waals surface area contributed by atoms with Crippen molar-refractivity contribution in [2.75, 3.05) is 6.61 Å². The normalized spacial score (nSPS) is 16.8. The van der Waals surface area contributed by atoms with Crippen molar-refractivity contribution >= 4 is 13.3 Å². The van der Waals surface area contributed by atoms with Crippen molar-refractivity contribution in [3.05, 3.63) is 0 Å². The topological polar surface area (TPSA) is 72.8 Å². The SMILES string of the molecule is C#CC(C)OC(=O)P(=O)(O)OCC. The van der Waals surface area contributed by atoms with E-state index in [1.54, 1.807) is 0 Å². The highest BCUT2D eigenvalue weighted by atomic mass is 31.2. The Bertz CT molecular complexity index is 267. The lowest BCUT2D eigenvalue weighted by Gasteiger charge is -2.11. The molecular weight excluding hydrogens is 195 g/mol. The van der Waals surface area contributed by atoms with Crippen LogP contribution in [0.15, 0.2) is 0 Å². The summed E-state index contributed by atoms with van der Waals surface area (Å²) in [7, 11) is -4.31. The van der Waals surface area contributed by atoms with E-state index in [1.807, 2.05) is 0 Å². The van der Waals surface area contributed by atoms with E-state index in [2.05, 4.69) is 15.2 Å². The van der Waals surface area contributed by atoms with Crippen LogP contribution in [0.2, 0.25) is 0 Å². The second kappa shape index (κ2) is 5.03. The van der Waals surface area contributed by atoms with E-state index in [-0.39, 0.29) is 6.61 Å². The van der Waals surface area contributed by atoms with Crippen LogP contribution in [-0.4, -0.2) is 23.3 Å². The number of carbonyl (C=O) groups is 1. The molecule has 0 radical (unpaired) electrons. The fraction of sp³-hybridized carbons (Fsp3) is 0.571. The predicted molar refractivity (Wildman–Crippen MR) is 46.2 cm³/mol. The molecule has 5 nitrogen and oxygen atoms in total. The van der Waals surface area contributed by atoms with E-state index >= 15 is 0 Å². The molecule has 0 rings (SSSR count). The van der Waals surface area contributed by atoms with E-state index in [1.165, 1.54) is 13.8 Å². The molecule has 2 unspecified atom stereocenters. The number of ether oxygens (including phenoxy) is 1. The fourth-order valence-corrected chi connectivity index (χ4v) is 1.23. The molecule has 0 aromatic carbocycles. The van der Waals surface area contributed by atoms with Gasteiger partial charge in [0.25, 0.3) is 0 Å². The molecule has 0 saturated heterocycles. The van der Waals surface area contributed by atoms with E-state index in [0.29, 0.717) is 0 Å². The number of carbonyl (C=O) groups excluding carboxylic acids is 1. The monoisotopic (exact) mass is 206 g/mol. The van der Waals surface area contributed by atoms with Gasteiger partial charge in [-0.3, -0.25) is 0 Å². The summed E-state index contributed by atoms with van der Waals surface area (Å²) < 4.78 is 19.7. The number of terminal acetylenes is 1. The molecule has 2 atom stereocenters. The lowest BCUT2D eigenvalue weighted by Crippen LogP contribution is -2.12. The van der Waals surface area contributed by atoms with E-state index in [0.717, 1.165) is 0 Å². The second-order valence-electron chi connectivity index (χ2n) is 2.13. The van der Waals surface area contributed by atoms with Crippen molar-refractivity contribution in [3.8, 4) is 12.3 Å². The highest BCUT2D eigenvalue weighted by Crippen LogP contribution is 2.44.